The molecule has 0 aliphatic heterocycles. The molecule has 0 saturated heterocycles. The first-order valence-corrected chi connectivity index (χ1v) is 6.41. The summed E-state index contributed by atoms with van der Waals surface area (Å²) in [7, 11) is 0. The first kappa shape index (κ1) is 11.6. The minimum absolute atomic E-state index is 0.775. The smallest absolute Gasteiger partial charge is 0.0205 e. The fraction of sp³-hybridized carbons (Fsp3) is 0.571. The van der Waals surface area contributed by atoms with E-state index in [-0.39, 0.29) is 0 Å². The van der Waals surface area contributed by atoms with Crippen molar-refractivity contribution in [2.45, 2.75) is 38.6 Å². The molecule has 0 amide bonds. The molecule has 1 aromatic carbocycles. The fourth-order valence-electron chi connectivity index (χ4n) is 2.36. The maximum Gasteiger partial charge on any atom is 0.0205 e. The van der Waals surface area contributed by atoms with Gasteiger partial charge in [0.15, 0.2) is 0 Å². The Morgan fingerprint density at radius 2 is 1.94 bits per heavy atom. The molecular formula is C14H22N2. The van der Waals surface area contributed by atoms with Crippen molar-refractivity contribution in [1.82, 2.24) is 5.32 Å². The molecule has 1 aliphatic rings. The summed E-state index contributed by atoms with van der Waals surface area (Å²) >= 11 is 0. The fourth-order valence-corrected chi connectivity index (χ4v) is 2.36. The quantitative estimate of drug-likeness (QED) is 0.742. The van der Waals surface area contributed by atoms with Crippen LogP contribution in [0.5, 0.6) is 0 Å². The molecule has 0 unspecified atom stereocenters. The lowest BCUT2D eigenvalue weighted by atomic mass is 9.90. The number of fused-ring (bicyclic) bond motifs is 1. The SMILES string of the molecule is NCCCNCc1ccc2c(c1)CCCC2. The van der Waals surface area contributed by atoms with E-state index in [0.717, 1.165) is 26.1 Å². The third kappa shape index (κ3) is 3.06. The Morgan fingerprint density at radius 3 is 2.75 bits per heavy atom. The maximum absolute atomic E-state index is 5.46. The molecule has 0 fully saturated rings. The molecule has 3 N–H and O–H groups in total. The zero-order chi connectivity index (χ0) is 11.2. The number of hydrogen-bond donors (Lipinski definition) is 2. The van der Waals surface area contributed by atoms with Gasteiger partial charge in [0.2, 0.25) is 0 Å². The third-order valence-corrected chi connectivity index (χ3v) is 3.30. The molecule has 0 saturated carbocycles. The van der Waals surface area contributed by atoms with Crippen LogP contribution in [0.25, 0.3) is 0 Å². The molecule has 16 heavy (non-hydrogen) atoms. The maximum atomic E-state index is 5.46. The lowest BCUT2D eigenvalue weighted by Gasteiger charge is -2.16. The summed E-state index contributed by atoms with van der Waals surface area (Å²) in [5.74, 6) is 0. The number of aryl methyl sites for hydroxylation is 2. The van der Waals surface area contributed by atoms with Crippen molar-refractivity contribution >= 4 is 0 Å². The van der Waals surface area contributed by atoms with Crippen LogP contribution in [0, 0.1) is 0 Å². The molecular weight excluding hydrogens is 196 g/mol. The van der Waals surface area contributed by atoms with Gasteiger partial charge in [-0.05, 0) is 61.9 Å². The van der Waals surface area contributed by atoms with Gasteiger partial charge in [-0.2, -0.15) is 0 Å². The summed E-state index contributed by atoms with van der Waals surface area (Å²) in [5.41, 5.74) is 10.0. The van der Waals surface area contributed by atoms with Gasteiger partial charge in [0.25, 0.3) is 0 Å². The average Bonchev–Trinajstić information content (AvgIpc) is 2.34. The van der Waals surface area contributed by atoms with Gasteiger partial charge in [0.1, 0.15) is 0 Å². The molecule has 1 aromatic rings. The van der Waals surface area contributed by atoms with E-state index < -0.39 is 0 Å². The van der Waals surface area contributed by atoms with Crippen molar-refractivity contribution in [2.75, 3.05) is 13.1 Å². The molecule has 0 aromatic heterocycles. The molecule has 88 valence electrons. The molecule has 0 bridgehead atoms. The van der Waals surface area contributed by atoms with Crippen LogP contribution in [-0.4, -0.2) is 13.1 Å². The van der Waals surface area contributed by atoms with Crippen molar-refractivity contribution in [3.63, 3.8) is 0 Å². The van der Waals surface area contributed by atoms with E-state index in [9.17, 15) is 0 Å². The van der Waals surface area contributed by atoms with E-state index in [1.54, 1.807) is 11.1 Å². The lowest BCUT2D eigenvalue weighted by Crippen LogP contribution is -2.18. The average molecular weight is 218 g/mol. The van der Waals surface area contributed by atoms with Gasteiger partial charge in [-0.3, -0.25) is 0 Å². The normalized spacial score (nSPS) is 14.8. The van der Waals surface area contributed by atoms with Crippen molar-refractivity contribution in [1.29, 1.82) is 0 Å². The summed E-state index contributed by atoms with van der Waals surface area (Å²) in [4.78, 5) is 0. The van der Waals surface area contributed by atoms with Crippen LogP contribution < -0.4 is 11.1 Å². The standard InChI is InChI=1S/C14H22N2/c15-8-3-9-16-11-12-6-7-13-4-1-2-5-14(13)10-12/h6-7,10,16H,1-5,8-9,11,15H2. The zero-order valence-corrected chi connectivity index (χ0v) is 9.97. The van der Waals surface area contributed by atoms with E-state index in [1.807, 2.05) is 0 Å². The van der Waals surface area contributed by atoms with Crippen LogP contribution in [0.15, 0.2) is 18.2 Å². The van der Waals surface area contributed by atoms with Crippen molar-refractivity contribution in [3.05, 3.63) is 34.9 Å². The molecule has 0 spiro atoms. The summed E-state index contributed by atoms with van der Waals surface area (Å²) in [5, 5.41) is 3.43. The number of nitrogens with two attached hydrogens (primary N) is 1. The van der Waals surface area contributed by atoms with Gasteiger partial charge in [0, 0.05) is 6.54 Å². The zero-order valence-electron chi connectivity index (χ0n) is 9.97. The Hall–Kier alpha value is -0.860. The third-order valence-electron chi connectivity index (χ3n) is 3.30. The monoisotopic (exact) mass is 218 g/mol. The highest BCUT2D eigenvalue weighted by Gasteiger charge is 2.08. The molecule has 0 radical (unpaired) electrons. The van der Waals surface area contributed by atoms with E-state index in [0.29, 0.717) is 0 Å². The first-order valence-electron chi connectivity index (χ1n) is 6.41. The Morgan fingerprint density at radius 1 is 1.12 bits per heavy atom. The van der Waals surface area contributed by atoms with Gasteiger partial charge in [-0.1, -0.05) is 18.2 Å². The molecule has 2 rings (SSSR count). The summed E-state index contributed by atoms with van der Waals surface area (Å²) in [6.45, 7) is 2.78. The van der Waals surface area contributed by atoms with Crippen molar-refractivity contribution in [3.8, 4) is 0 Å². The largest absolute Gasteiger partial charge is 0.330 e. The first-order chi connectivity index (χ1) is 7.90. The van der Waals surface area contributed by atoms with Gasteiger partial charge in [-0.25, -0.2) is 0 Å². The Labute approximate surface area is 98.2 Å². The molecule has 2 heteroatoms. The predicted molar refractivity (Wildman–Crippen MR) is 68.5 cm³/mol. The summed E-state index contributed by atoms with van der Waals surface area (Å²) < 4.78 is 0. The molecule has 2 nitrogen and oxygen atoms in total. The molecule has 0 atom stereocenters. The van der Waals surface area contributed by atoms with Crippen LogP contribution in [-0.2, 0) is 19.4 Å². The van der Waals surface area contributed by atoms with E-state index in [2.05, 4.69) is 23.5 Å². The van der Waals surface area contributed by atoms with E-state index in [1.165, 1.54) is 31.2 Å². The molecule has 1 aliphatic carbocycles. The van der Waals surface area contributed by atoms with Crippen molar-refractivity contribution in [2.24, 2.45) is 5.73 Å². The number of hydrogen-bond acceptors (Lipinski definition) is 2. The highest BCUT2D eigenvalue weighted by atomic mass is 14.8. The number of rotatable bonds is 5. The minimum Gasteiger partial charge on any atom is -0.330 e. The van der Waals surface area contributed by atoms with Gasteiger partial charge in [0.05, 0.1) is 0 Å². The summed E-state index contributed by atoms with van der Waals surface area (Å²) in [6, 6.07) is 6.96. The minimum atomic E-state index is 0.775. The van der Waals surface area contributed by atoms with E-state index in [4.69, 9.17) is 5.73 Å². The Bertz CT molecular complexity index is 334. The number of nitrogens with one attached hydrogen (secondary N) is 1. The lowest BCUT2D eigenvalue weighted by molar-refractivity contribution is 0.650. The highest BCUT2D eigenvalue weighted by Crippen LogP contribution is 2.22. The Balaban J connectivity index is 1.90. The molecule has 0 heterocycles. The van der Waals surface area contributed by atoms with Crippen LogP contribution in [0.3, 0.4) is 0 Å². The van der Waals surface area contributed by atoms with Crippen LogP contribution in [0.4, 0.5) is 0 Å². The second-order valence-electron chi connectivity index (χ2n) is 4.63. The van der Waals surface area contributed by atoms with Crippen LogP contribution in [0.1, 0.15) is 36.0 Å². The van der Waals surface area contributed by atoms with Crippen molar-refractivity contribution < 1.29 is 0 Å². The highest BCUT2D eigenvalue weighted by molar-refractivity contribution is 5.33. The van der Waals surface area contributed by atoms with Crippen LogP contribution in [0.2, 0.25) is 0 Å². The Kier molecular flexibility index (Phi) is 4.37. The van der Waals surface area contributed by atoms with Gasteiger partial charge in [-0.15, -0.1) is 0 Å². The number of benzene rings is 1. The van der Waals surface area contributed by atoms with Gasteiger partial charge < -0.3 is 11.1 Å². The van der Waals surface area contributed by atoms with Crippen LogP contribution >= 0.6 is 0 Å². The summed E-state index contributed by atoms with van der Waals surface area (Å²) in [6.07, 6.45) is 6.32. The second-order valence-corrected chi connectivity index (χ2v) is 4.63. The topological polar surface area (TPSA) is 38.0 Å². The van der Waals surface area contributed by atoms with E-state index >= 15 is 0 Å². The second kappa shape index (κ2) is 6.02. The van der Waals surface area contributed by atoms with Gasteiger partial charge >= 0.3 is 0 Å². The predicted octanol–water partition coefficient (Wildman–Crippen LogP) is 2.00.